The Morgan fingerprint density at radius 2 is 0.907 bits per heavy atom. The summed E-state index contributed by atoms with van der Waals surface area (Å²) in [4.78, 5) is 62.2. The van der Waals surface area contributed by atoms with Crippen LogP contribution in [0.3, 0.4) is 0 Å². The highest BCUT2D eigenvalue weighted by molar-refractivity contribution is 5.88. The van der Waals surface area contributed by atoms with Gasteiger partial charge in [-0.3, -0.25) is 19.6 Å². The molecule has 0 bridgehead atoms. The van der Waals surface area contributed by atoms with E-state index >= 15 is 0 Å². The molecule has 1 unspecified atom stereocenters. The van der Waals surface area contributed by atoms with E-state index in [0.717, 1.165) is 11.1 Å². The first kappa shape index (κ1) is 40.9. The maximum absolute atomic E-state index is 14.0. The largest absolute Gasteiger partial charge is 0.389 e. The first-order chi connectivity index (χ1) is 26.0. The van der Waals surface area contributed by atoms with Crippen LogP contribution in [0.2, 0.25) is 0 Å². The molecule has 7 N–H and O–H groups in total. The molecule has 2 aromatic heterocycles. The van der Waals surface area contributed by atoms with Crippen molar-refractivity contribution in [2.45, 2.75) is 83.9 Å². The zero-order chi connectivity index (χ0) is 38.9. The molecule has 2 aromatic carbocycles. The summed E-state index contributed by atoms with van der Waals surface area (Å²) in [6.07, 6.45) is 2.43. The number of nitrogens with zero attached hydrogens (tertiary/aromatic N) is 2. The highest BCUT2D eigenvalue weighted by atomic mass is 16.3. The third-order valence-electron chi connectivity index (χ3n) is 8.86. The molecule has 13 nitrogen and oxygen atoms in total. The monoisotopic (exact) mass is 736 g/mol. The number of nitrogens with one attached hydrogen (secondary N) is 6. The summed E-state index contributed by atoms with van der Waals surface area (Å²) in [5.41, 5.74) is 3.02. The molecule has 0 saturated carbocycles. The lowest BCUT2D eigenvalue weighted by Crippen LogP contribution is -2.62. The molecule has 4 rings (SSSR count). The van der Waals surface area contributed by atoms with Crippen molar-refractivity contribution in [2.24, 2.45) is 11.8 Å². The molecule has 6 amide bonds. The Labute approximate surface area is 317 Å². The van der Waals surface area contributed by atoms with Crippen molar-refractivity contribution in [2.75, 3.05) is 0 Å². The normalized spacial score (nSPS) is 13.8. The SMILES string of the molecule is CC(C)[C@H](NC(=O)NCc1ccccn1)C(=O)N[C@@H](Cc1ccccc1)C(O)[C@H](Cc1ccccc1)NC(=O)[C@H](NC(=O)NCc1ccccn1)C(C)C. The topological polar surface area (TPSA) is 186 Å². The van der Waals surface area contributed by atoms with Crippen LogP contribution >= 0.6 is 0 Å². The van der Waals surface area contributed by atoms with E-state index in [-0.39, 0.29) is 37.8 Å². The third-order valence-corrected chi connectivity index (χ3v) is 8.86. The Kier molecular flexibility index (Phi) is 15.9. The van der Waals surface area contributed by atoms with E-state index in [1.807, 2.05) is 100 Å². The average molecular weight is 737 g/mol. The van der Waals surface area contributed by atoms with E-state index < -0.39 is 54.1 Å². The summed E-state index contributed by atoms with van der Waals surface area (Å²) in [7, 11) is 0. The number of aliphatic hydroxyl groups excluding tert-OH is 1. The minimum absolute atomic E-state index is 0.174. The molecule has 0 spiro atoms. The predicted molar refractivity (Wildman–Crippen MR) is 207 cm³/mol. The van der Waals surface area contributed by atoms with Crippen LogP contribution in [0.4, 0.5) is 9.59 Å². The number of hydrogen-bond donors (Lipinski definition) is 7. The minimum atomic E-state index is -1.30. The van der Waals surface area contributed by atoms with Crippen molar-refractivity contribution >= 4 is 23.9 Å². The number of pyridine rings is 2. The third kappa shape index (κ3) is 13.3. The van der Waals surface area contributed by atoms with E-state index in [1.54, 1.807) is 36.7 Å². The fraction of sp³-hybridized carbons (Fsp3) is 0.366. The van der Waals surface area contributed by atoms with Gasteiger partial charge in [0.2, 0.25) is 11.8 Å². The molecular weight excluding hydrogens is 685 g/mol. The molecule has 5 atom stereocenters. The lowest BCUT2D eigenvalue weighted by Gasteiger charge is -2.34. The van der Waals surface area contributed by atoms with E-state index in [2.05, 4.69) is 41.9 Å². The zero-order valence-corrected chi connectivity index (χ0v) is 31.2. The number of amides is 6. The summed E-state index contributed by atoms with van der Waals surface area (Å²) in [5.74, 6) is -1.59. The second-order valence-corrected chi connectivity index (χ2v) is 13.8. The molecule has 0 saturated heterocycles. The molecule has 0 aliphatic carbocycles. The van der Waals surface area contributed by atoms with Gasteiger partial charge in [0.15, 0.2) is 0 Å². The summed E-state index contributed by atoms with van der Waals surface area (Å²) in [5, 5.41) is 29.2. The van der Waals surface area contributed by atoms with E-state index in [1.165, 1.54) is 0 Å². The van der Waals surface area contributed by atoms with Gasteiger partial charge in [0.05, 0.1) is 42.7 Å². The molecule has 0 aliphatic heterocycles. The van der Waals surface area contributed by atoms with E-state index in [0.29, 0.717) is 11.4 Å². The van der Waals surface area contributed by atoms with Crippen LogP contribution in [0.15, 0.2) is 109 Å². The number of hydrogen-bond acceptors (Lipinski definition) is 7. The predicted octanol–water partition coefficient (Wildman–Crippen LogP) is 3.64. The molecule has 13 heteroatoms. The summed E-state index contributed by atoms with van der Waals surface area (Å²) < 4.78 is 0. The van der Waals surface area contributed by atoms with Gasteiger partial charge in [-0.1, -0.05) is 100 Å². The van der Waals surface area contributed by atoms with E-state index in [9.17, 15) is 24.3 Å². The van der Waals surface area contributed by atoms with Crippen LogP contribution in [-0.4, -0.2) is 69.2 Å². The average Bonchev–Trinajstić information content (AvgIpc) is 3.17. The highest BCUT2D eigenvalue weighted by Crippen LogP contribution is 2.16. The lowest BCUT2D eigenvalue weighted by atomic mass is 9.91. The van der Waals surface area contributed by atoms with Crippen molar-refractivity contribution in [3.05, 3.63) is 132 Å². The van der Waals surface area contributed by atoms with Crippen LogP contribution in [0.5, 0.6) is 0 Å². The van der Waals surface area contributed by atoms with Crippen molar-refractivity contribution in [3.63, 3.8) is 0 Å². The number of carbonyl (C=O) groups is 4. The summed E-state index contributed by atoms with van der Waals surface area (Å²) >= 11 is 0. The standard InChI is InChI=1S/C41H52N8O5/c1-27(2)35(48-40(53)44-25-31-19-11-13-21-42-31)38(51)46-33(23-29-15-7-5-8-16-29)37(50)34(24-30-17-9-6-10-18-30)47-39(52)36(28(3)4)49-41(54)45-26-32-20-12-14-22-43-32/h5-22,27-28,33-37,50H,23-26H2,1-4H3,(H,46,51)(H,47,52)(H2,44,48,53)(H2,45,49,54)/t33-,34-,35-,36+,37?/m0/s1. The van der Waals surface area contributed by atoms with Gasteiger partial charge in [-0.05, 0) is 60.1 Å². The quantitative estimate of drug-likeness (QED) is 0.0813. The number of rotatable bonds is 18. The van der Waals surface area contributed by atoms with Crippen LogP contribution in [0.25, 0.3) is 0 Å². The fourth-order valence-corrected chi connectivity index (χ4v) is 5.88. The number of urea groups is 2. The zero-order valence-electron chi connectivity index (χ0n) is 31.2. The van der Waals surface area contributed by atoms with Crippen molar-refractivity contribution in [1.82, 2.24) is 41.9 Å². The smallest absolute Gasteiger partial charge is 0.315 e. The Hall–Kier alpha value is -5.82. The molecule has 54 heavy (non-hydrogen) atoms. The molecule has 286 valence electrons. The molecule has 4 aromatic rings. The van der Waals surface area contributed by atoms with Gasteiger partial charge < -0.3 is 37.0 Å². The van der Waals surface area contributed by atoms with Gasteiger partial charge in [-0.2, -0.15) is 0 Å². The molecule has 2 heterocycles. The molecular formula is C41H52N8O5. The second kappa shape index (κ2) is 21.0. The fourth-order valence-electron chi connectivity index (χ4n) is 5.88. The first-order valence-electron chi connectivity index (χ1n) is 18.2. The molecule has 0 aliphatic rings. The Morgan fingerprint density at radius 3 is 1.24 bits per heavy atom. The minimum Gasteiger partial charge on any atom is -0.389 e. The summed E-state index contributed by atoms with van der Waals surface area (Å²) in [6.45, 7) is 7.61. The Bertz CT molecular complexity index is 1620. The van der Waals surface area contributed by atoms with Gasteiger partial charge in [0.1, 0.15) is 12.1 Å². The van der Waals surface area contributed by atoms with Crippen LogP contribution < -0.4 is 31.9 Å². The number of aromatic nitrogens is 2. The second-order valence-electron chi connectivity index (χ2n) is 13.8. The van der Waals surface area contributed by atoms with Crippen LogP contribution in [0.1, 0.15) is 50.2 Å². The van der Waals surface area contributed by atoms with Crippen molar-refractivity contribution < 1.29 is 24.3 Å². The number of aliphatic hydroxyl groups is 1. The molecule has 0 fully saturated rings. The highest BCUT2D eigenvalue weighted by Gasteiger charge is 2.35. The van der Waals surface area contributed by atoms with Crippen LogP contribution in [-0.2, 0) is 35.5 Å². The van der Waals surface area contributed by atoms with Gasteiger partial charge in [-0.15, -0.1) is 0 Å². The Balaban J connectivity index is 1.54. The molecule has 0 radical (unpaired) electrons. The van der Waals surface area contributed by atoms with Crippen molar-refractivity contribution in [3.8, 4) is 0 Å². The first-order valence-corrected chi connectivity index (χ1v) is 18.2. The maximum atomic E-state index is 14.0. The summed E-state index contributed by atoms with van der Waals surface area (Å²) in [6, 6.07) is 24.8. The van der Waals surface area contributed by atoms with Gasteiger partial charge in [0.25, 0.3) is 0 Å². The van der Waals surface area contributed by atoms with Gasteiger partial charge in [0, 0.05) is 12.4 Å². The van der Waals surface area contributed by atoms with E-state index in [4.69, 9.17) is 0 Å². The van der Waals surface area contributed by atoms with Crippen LogP contribution in [0, 0.1) is 11.8 Å². The number of benzene rings is 2. The number of carbonyl (C=O) groups excluding carboxylic acids is 4. The Morgan fingerprint density at radius 1 is 0.537 bits per heavy atom. The van der Waals surface area contributed by atoms with Gasteiger partial charge >= 0.3 is 12.1 Å². The van der Waals surface area contributed by atoms with Gasteiger partial charge in [-0.25, -0.2) is 9.59 Å². The van der Waals surface area contributed by atoms with Crippen molar-refractivity contribution in [1.29, 1.82) is 0 Å². The lowest BCUT2D eigenvalue weighted by molar-refractivity contribution is -0.126. The maximum Gasteiger partial charge on any atom is 0.315 e.